The Balaban J connectivity index is 4.45. The fourth-order valence-electron chi connectivity index (χ4n) is 2.74. The SMILES string of the molecule is [CH2]Cc1c(C(F)(F)C(F)(F)C(F)(F)F)cc(C(F)(F)C(F)(F)C(F)(F)F)cc1C(F)(F)C(F)(F)C(F)(F)F. The number of alkyl halides is 21. The van der Waals surface area contributed by atoms with Crippen LogP contribution in [0.1, 0.15) is 22.3 Å². The average molecular weight is 609 g/mol. The third-order valence-corrected chi connectivity index (χ3v) is 4.79. The molecule has 1 aromatic rings. The highest BCUT2D eigenvalue weighted by molar-refractivity contribution is 5.48. The minimum Gasteiger partial charge on any atom is -0.194 e. The molecule has 0 unspecified atom stereocenters. The summed E-state index contributed by atoms with van der Waals surface area (Å²) in [5.41, 5.74) is -13.9. The van der Waals surface area contributed by atoms with E-state index in [0.29, 0.717) is 0 Å². The zero-order chi connectivity index (χ0) is 30.9. The van der Waals surface area contributed by atoms with E-state index in [1.54, 1.807) is 0 Å². The molecule has 1 aromatic carbocycles. The Morgan fingerprint density at radius 3 is 0.868 bits per heavy atom. The summed E-state index contributed by atoms with van der Waals surface area (Å²) in [6.07, 6.45) is -24.6. The molecule has 0 N–H and O–H groups in total. The third kappa shape index (κ3) is 4.70. The van der Waals surface area contributed by atoms with Gasteiger partial charge in [0, 0.05) is 16.7 Å². The first-order chi connectivity index (χ1) is 16.3. The van der Waals surface area contributed by atoms with E-state index in [9.17, 15) is 92.2 Å². The Bertz CT molecular complexity index is 961. The first-order valence-electron chi connectivity index (χ1n) is 8.73. The topological polar surface area (TPSA) is 0 Å². The van der Waals surface area contributed by atoms with Gasteiger partial charge in [0.05, 0.1) is 0 Å². The van der Waals surface area contributed by atoms with E-state index in [-0.39, 0.29) is 0 Å². The standard InChI is InChI=1S/C17H6F21/c1-2-6-7(10(20,21)13(26,27)16(33,34)35)3-5(9(18,19)12(24,25)15(30,31)32)4-8(6)11(22,23)14(28,29)17(36,37)38/h3-4H,1-2H2. The Morgan fingerprint density at radius 2 is 0.658 bits per heavy atom. The zero-order valence-corrected chi connectivity index (χ0v) is 17.0. The predicted octanol–water partition coefficient (Wildman–Crippen LogP) is 8.93. The fourth-order valence-corrected chi connectivity index (χ4v) is 2.74. The second-order valence-corrected chi connectivity index (χ2v) is 7.24. The van der Waals surface area contributed by atoms with Crippen molar-refractivity contribution in [2.75, 3.05) is 0 Å². The number of hydrogen-bond acceptors (Lipinski definition) is 0. The maximum atomic E-state index is 14.3. The molecule has 1 rings (SSSR count). The van der Waals surface area contributed by atoms with Gasteiger partial charge in [0.25, 0.3) is 0 Å². The summed E-state index contributed by atoms with van der Waals surface area (Å²) in [5.74, 6) is -44.4. The van der Waals surface area contributed by atoms with Crippen LogP contribution in [0.2, 0.25) is 0 Å². The molecule has 0 saturated carbocycles. The molecule has 0 nitrogen and oxygen atoms in total. The van der Waals surface area contributed by atoms with E-state index < -0.39 is 94.9 Å². The quantitative estimate of drug-likeness (QED) is 0.271. The highest BCUT2D eigenvalue weighted by Crippen LogP contribution is 2.59. The van der Waals surface area contributed by atoms with Crippen LogP contribution in [0.3, 0.4) is 0 Å². The summed E-state index contributed by atoms with van der Waals surface area (Å²) < 4.78 is 278. The smallest absolute Gasteiger partial charge is 0.194 e. The molecule has 0 atom stereocenters. The summed E-state index contributed by atoms with van der Waals surface area (Å²) in [6.45, 7) is 2.34. The predicted molar refractivity (Wildman–Crippen MR) is 80.2 cm³/mol. The molecule has 0 bridgehead atoms. The van der Waals surface area contributed by atoms with Gasteiger partial charge in [-0.1, -0.05) is 0 Å². The van der Waals surface area contributed by atoms with Crippen molar-refractivity contribution < 1.29 is 92.2 Å². The Hall–Kier alpha value is -2.25. The van der Waals surface area contributed by atoms with Crippen molar-refractivity contribution in [3.05, 3.63) is 41.3 Å². The largest absolute Gasteiger partial charge is 0.460 e. The molecule has 21 heteroatoms. The molecule has 38 heavy (non-hydrogen) atoms. The van der Waals surface area contributed by atoms with E-state index in [2.05, 4.69) is 6.92 Å². The van der Waals surface area contributed by atoms with E-state index in [1.165, 1.54) is 0 Å². The van der Waals surface area contributed by atoms with Crippen LogP contribution in [0.4, 0.5) is 92.2 Å². The number of halogens is 21. The van der Waals surface area contributed by atoms with Crippen LogP contribution in [0.15, 0.2) is 12.1 Å². The van der Waals surface area contributed by atoms with E-state index in [0.717, 1.165) is 0 Å². The van der Waals surface area contributed by atoms with Crippen LogP contribution in [0, 0.1) is 6.92 Å². The van der Waals surface area contributed by atoms with Gasteiger partial charge in [-0.3, -0.25) is 0 Å². The summed E-state index contributed by atoms with van der Waals surface area (Å²) in [5, 5.41) is 0. The molecule has 0 amide bonds. The molecule has 0 aliphatic rings. The maximum Gasteiger partial charge on any atom is 0.460 e. The highest BCUT2D eigenvalue weighted by atomic mass is 19.4. The normalized spacial score (nSPS) is 15.7. The van der Waals surface area contributed by atoms with Crippen molar-refractivity contribution in [3.8, 4) is 0 Å². The van der Waals surface area contributed by atoms with Crippen molar-refractivity contribution in [1.82, 2.24) is 0 Å². The minimum atomic E-state index is -7.58. The average Bonchev–Trinajstić information content (AvgIpc) is 2.69. The molecule has 0 spiro atoms. The lowest BCUT2D eigenvalue weighted by molar-refractivity contribution is -0.362. The molecule has 1 radical (unpaired) electrons. The summed E-state index contributed by atoms with van der Waals surface area (Å²) in [7, 11) is 0. The van der Waals surface area contributed by atoms with Crippen LogP contribution in [0.5, 0.6) is 0 Å². The zero-order valence-electron chi connectivity index (χ0n) is 17.0. The third-order valence-electron chi connectivity index (χ3n) is 4.79. The first kappa shape index (κ1) is 33.8. The monoisotopic (exact) mass is 609 g/mol. The van der Waals surface area contributed by atoms with Crippen molar-refractivity contribution in [3.63, 3.8) is 0 Å². The minimum absolute atomic E-state index is 1.72. The first-order valence-corrected chi connectivity index (χ1v) is 8.73. The lowest BCUT2D eigenvalue weighted by Crippen LogP contribution is -2.53. The van der Waals surface area contributed by atoms with E-state index in [1.807, 2.05) is 0 Å². The van der Waals surface area contributed by atoms with Crippen molar-refractivity contribution in [1.29, 1.82) is 0 Å². The van der Waals surface area contributed by atoms with Gasteiger partial charge in [-0.15, -0.1) is 0 Å². The van der Waals surface area contributed by atoms with Crippen molar-refractivity contribution >= 4 is 0 Å². The Kier molecular flexibility index (Phi) is 7.90. The Morgan fingerprint density at radius 1 is 0.421 bits per heavy atom. The van der Waals surface area contributed by atoms with E-state index in [4.69, 9.17) is 0 Å². The second kappa shape index (κ2) is 8.88. The van der Waals surface area contributed by atoms with Gasteiger partial charge in [-0.2, -0.15) is 92.2 Å². The molecule has 0 aliphatic heterocycles. The van der Waals surface area contributed by atoms with Gasteiger partial charge in [-0.25, -0.2) is 0 Å². The molecule has 0 aliphatic carbocycles. The molecular formula is C17H6F21. The lowest BCUT2D eigenvalue weighted by atomic mass is 9.83. The lowest BCUT2D eigenvalue weighted by Gasteiger charge is -2.35. The van der Waals surface area contributed by atoms with Gasteiger partial charge >= 0.3 is 54.1 Å². The summed E-state index contributed by atoms with van der Waals surface area (Å²) >= 11 is 0. The van der Waals surface area contributed by atoms with Gasteiger partial charge in [0.1, 0.15) is 0 Å². The van der Waals surface area contributed by atoms with Crippen LogP contribution >= 0.6 is 0 Å². The number of benzene rings is 1. The summed E-state index contributed by atoms with van der Waals surface area (Å²) in [6, 6.07) is -3.43. The van der Waals surface area contributed by atoms with Crippen LogP contribution < -0.4 is 0 Å². The molecule has 0 heterocycles. The van der Waals surface area contributed by atoms with Gasteiger partial charge in [0.15, 0.2) is 0 Å². The van der Waals surface area contributed by atoms with Crippen molar-refractivity contribution in [2.24, 2.45) is 0 Å². The van der Waals surface area contributed by atoms with Gasteiger partial charge < -0.3 is 0 Å². The summed E-state index contributed by atoms with van der Waals surface area (Å²) in [4.78, 5) is 0. The number of rotatable bonds is 7. The molecular weight excluding hydrogens is 603 g/mol. The second-order valence-electron chi connectivity index (χ2n) is 7.24. The molecule has 0 aromatic heterocycles. The van der Waals surface area contributed by atoms with Crippen LogP contribution in [-0.2, 0) is 24.2 Å². The van der Waals surface area contributed by atoms with Gasteiger partial charge in [-0.05, 0) is 31.0 Å². The number of hydrogen-bond donors (Lipinski definition) is 0. The van der Waals surface area contributed by atoms with Crippen molar-refractivity contribution in [2.45, 2.75) is 60.5 Å². The van der Waals surface area contributed by atoms with Crippen LogP contribution in [-0.4, -0.2) is 36.3 Å². The van der Waals surface area contributed by atoms with E-state index >= 15 is 0 Å². The fraction of sp³-hybridized carbons (Fsp3) is 0.588. The molecule has 221 valence electrons. The maximum absolute atomic E-state index is 14.3. The molecule has 0 fully saturated rings. The van der Waals surface area contributed by atoms with Gasteiger partial charge in [0.2, 0.25) is 0 Å². The Labute approximate surface area is 195 Å². The highest BCUT2D eigenvalue weighted by Gasteiger charge is 2.78. The van der Waals surface area contributed by atoms with Crippen LogP contribution in [0.25, 0.3) is 0 Å². The molecule has 0 saturated heterocycles.